The molecule has 1 aromatic heterocycles. The van der Waals surface area contributed by atoms with E-state index in [-0.39, 0.29) is 0 Å². The van der Waals surface area contributed by atoms with Crippen LogP contribution >= 0.6 is 28.1 Å². The summed E-state index contributed by atoms with van der Waals surface area (Å²) in [5.41, 5.74) is 4.67. The van der Waals surface area contributed by atoms with E-state index in [9.17, 15) is 0 Å². The Labute approximate surface area is 166 Å². The molecule has 3 aromatic rings. The van der Waals surface area contributed by atoms with Crippen LogP contribution in [-0.4, -0.2) is 16.7 Å². The second kappa shape index (κ2) is 7.33. The molecule has 4 rings (SSSR count). The Kier molecular flexibility index (Phi) is 4.92. The van der Waals surface area contributed by atoms with Gasteiger partial charge in [0.1, 0.15) is 16.2 Å². The quantitative estimate of drug-likeness (QED) is 0.486. The number of aromatic nitrogens is 2. The van der Waals surface area contributed by atoms with Gasteiger partial charge >= 0.3 is 0 Å². The van der Waals surface area contributed by atoms with Crippen LogP contribution in [-0.2, 0) is 12.8 Å². The van der Waals surface area contributed by atoms with E-state index in [2.05, 4.69) is 44.8 Å². The first kappa shape index (κ1) is 17.4. The molecule has 0 radical (unpaired) electrons. The zero-order valence-electron chi connectivity index (χ0n) is 14.5. The van der Waals surface area contributed by atoms with Gasteiger partial charge in [0.25, 0.3) is 0 Å². The lowest BCUT2D eigenvalue weighted by Gasteiger charge is -2.24. The van der Waals surface area contributed by atoms with E-state index in [4.69, 9.17) is 21.9 Å². The van der Waals surface area contributed by atoms with Crippen molar-refractivity contribution < 1.29 is 4.74 Å². The smallest absolute Gasteiger partial charge is 0.146 e. The number of nitrogens with zero attached hydrogens (tertiary/aromatic N) is 2. The topological polar surface area (TPSA) is 27.1 Å². The molecular formula is C21H19BrN2OS. The fourth-order valence-electron chi connectivity index (χ4n) is 3.51. The van der Waals surface area contributed by atoms with Gasteiger partial charge in [0, 0.05) is 27.0 Å². The van der Waals surface area contributed by atoms with E-state index in [0.717, 1.165) is 44.8 Å². The van der Waals surface area contributed by atoms with Crippen molar-refractivity contribution in [3.63, 3.8) is 0 Å². The molecule has 0 atom stereocenters. The number of hydrogen-bond donors (Lipinski definition) is 0. The van der Waals surface area contributed by atoms with E-state index < -0.39 is 0 Å². The van der Waals surface area contributed by atoms with Crippen LogP contribution in [0, 0.1) is 4.64 Å². The predicted octanol–water partition coefficient (Wildman–Crippen LogP) is 5.92. The minimum Gasteiger partial charge on any atom is -0.497 e. The number of rotatable bonds is 3. The molecule has 1 aliphatic rings. The highest BCUT2D eigenvalue weighted by Crippen LogP contribution is 2.31. The molecule has 0 spiro atoms. The van der Waals surface area contributed by atoms with Gasteiger partial charge < -0.3 is 4.74 Å². The largest absolute Gasteiger partial charge is 0.497 e. The van der Waals surface area contributed by atoms with Crippen LogP contribution < -0.4 is 4.74 Å². The summed E-state index contributed by atoms with van der Waals surface area (Å²) < 4.78 is 9.37. The average molecular weight is 427 g/mol. The Morgan fingerprint density at radius 2 is 1.69 bits per heavy atom. The van der Waals surface area contributed by atoms with E-state index in [0.29, 0.717) is 0 Å². The van der Waals surface area contributed by atoms with Gasteiger partial charge in [0.15, 0.2) is 0 Å². The molecule has 5 heteroatoms. The van der Waals surface area contributed by atoms with Crippen LogP contribution in [0.4, 0.5) is 0 Å². The van der Waals surface area contributed by atoms with E-state index in [1.54, 1.807) is 7.11 Å². The van der Waals surface area contributed by atoms with Crippen molar-refractivity contribution in [3.05, 3.63) is 68.9 Å². The van der Waals surface area contributed by atoms with Crippen LogP contribution in [0.25, 0.3) is 17.1 Å². The lowest BCUT2D eigenvalue weighted by atomic mass is 9.96. The van der Waals surface area contributed by atoms with Crippen LogP contribution in [0.1, 0.15) is 24.1 Å². The number of hydrogen-bond acceptors (Lipinski definition) is 3. The van der Waals surface area contributed by atoms with Crippen molar-refractivity contribution in [1.82, 2.24) is 9.55 Å². The summed E-state index contributed by atoms with van der Waals surface area (Å²) in [6, 6.07) is 16.4. The summed E-state index contributed by atoms with van der Waals surface area (Å²) in [6.45, 7) is 0. The predicted molar refractivity (Wildman–Crippen MR) is 111 cm³/mol. The normalized spacial score (nSPS) is 13.3. The Bertz CT molecular complexity index is 994. The van der Waals surface area contributed by atoms with Gasteiger partial charge in [-0.25, -0.2) is 4.98 Å². The molecule has 0 fully saturated rings. The Morgan fingerprint density at radius 1 is 1.00 bits per heavy atom. The lowest BCUT2D eigenvalue weighted by Crippen LogP contribution is -2.17. The van der Waals surface area contributed by atoms with Crippen molar-refractivity contribution in [1.29, 1.82) is 0 Å². The van der Waals surface area contributed by atoms with Gasteiger partial charge in [-0.3, -0.25) is 4.57 Å². The molecule has 1 aliphatic carbocycles. The van der Waals surface area contributed by atoms with Gasteiger partial charge in [0.05, 0.1) is 7.11 Å². The summed E-state index contributed by atoms with van der Waals surface area (Å²) in [5, 5.41) is 0. The first-order valence-electron chi connectivity index (χ1n) is 8.72. The van der Waals surface area contributed by atoms with Crippen LogP contribution in [0.15, 0.2) is 53.0 Å². The summed E-state index contributed by atoms with van der Waals surface area (Å²) in [4.78, 5) is 4.84. The highest BCUT2D eigenvalue weighted by Gasteiger charge is 2.20. The summed E-state index contributed by atoms with van der Waals surface area (Å²) in [5.74, 6) is 1.72. The highest BCUT2D eigenvalue weighted by molar-refractivity contribution is 9.10. The average Bonchev–Trinajstić information content (AvgIpc) is 2.69. The fourth-order valence-corrected chi connectivity index (χ4v) is 4.08. The molecule has 3 nitrogen and oxygen atoms in total. The first-order valence-corrected chi connectivity index (χ1v) is 9.92. The summed E-state index contributed by atoms with van der Waals surface area (Å²) in [6.07, 6.45) is 4.41. The molecule has 0 amide bonds. The maximum absolute atomic E-state index is 5.65. The number of halogens is 1. The minimum atomic E-state index is 0.735. The molecule has 0 unspecified atom stereocenters. The Morgan fingerprint density at radius 3 is 2.38 bits per heavy atom. The Balaban J connectivity index is 1.98. The zero-order valence-corrected chi connectivity index (χ0v) is 16.9. The van der Waals surface area contributed by atoms with Gasteiger partial charge in [-0.15, -0.1) is 0 Å². The fraction of sp³-hybridized carbons (Fsp3) is 0.238. The number of ether oxygens (including phenoxy) is 1. The monoisotopic (exact) mass is 426 g/mol. The lowest BCUT2D eigenvalue weighted by molar-refractivity contribution is 0.415. The molecule has 26 heavy (non-hydrogen) atoms. The van der Waals surface area contributed by atoms with Crippen molar-refractivity contribution in [2.75, 3.05) is 7.11 Å². The summed E-state index contributed by atoms with van der Waals surface area (Å²) in [7, 11) is 1.68. The Hall–Kier alpha value is -1.98. The number of fused-ring (bicyclic) bond motifs is 1. The zero-order chi connectivity index (χ0) is 18.1. The third-order valence-corrected chi connectivity index (χ3v) is 5.69. The highest BCUT2D eigenvalue weighted by atomic mass is 79.9. The van der Waals surface area contributed by atoms with Crippen molar-refractivity contribution >= 4 is 28.1 Å². The van der Waals surface area contributed by atoms with Gasteiger partial charge in [-0.2, -0.15) is 0 Å². The molecule has 132 valence electrons. The van der Waals surface area contributed by atoms with Gasteiger partial charge in [0.2, 0.25) is 0 Å². The molecule has 0 N–H and O–H groups in total. The first-order chi connectivity index (χ1) is 12.7. The van der Waals surface area contributed by atoms with Crippen LogP contribution in [0.5, 0.6) is 5.75 Å². The van der Waals surface area contributed by atoms with Gasteiger partial charge in [-0.1, -0.05) is 28.1 Å². The molecule has 0 bridgehead atoms. The van der Waals surface area contributed by atoms with E-state index >= 15 is 0 Å². The van der Waals surface area contributed by atoms with Crippen LogP contribution in [0.2, 0.25) is 0 Å². The molecule has 1 heterocycles. The molecule has 0 saturated heterocycles. The maximum atomic E-state index is 5.65. The number of methoxy groups -OCH3 is 1. The van der Waals surface area contributed by atoms with Crippen molar-refractivity contribution in [2.45, 2.75) is 25.7 Å². The SMILES string of the molecule is COc1ccc(-c2nc(=S)c3c(n2-c2ccc(Br)cc2)CCCC3)cc1. The third-order valence-electron chi connectivity index (χ3n) is 4.82. The maximum Gasteiger partial charge on any atom is 0.146 e. The second-order valence-electron chi connectivity index (χ2n) is 6.41. The van der Waals surface area contributed by atoms with Crippen LogP contribution in [0.3, 0.4) is 0 Å². The third kappa shape index (κ3) is 3.21. The molecular weight excluding hydrogens is 408 g/mol. The molecule has 2 aromatic carbocycles. The van der Waals surface area contributed by atoms with Crippen molar-refractivity contribution in [2.24, 2.45) is 0 Å². The minimum absolute atomic E-state index is 0.735. The van der Waals surface area contributed by atoms with E-state index in [1.165, 1.54) is 24.1 Å². The van der Waals surface area contributed by atoms with Crippen molar-refractivity contribution in [3.8, 4) is 22.8 Å². The standard InChI is InChI=1S/C21H19BrN2OS/c1-25-17-12-6-14(7-13-17)20-23-21(26)18-4-2-3-5-19(18)24(20)16-10-8-15(22)9-11-16/h6-13H,2-5H2,1H3. The number of benzene rings is 2. The second-order valence-corrected chi connectivity index (χ2v) is 7.72. The molecule has 0 saturated carbocycles. The molecule has 0 aliphatic heterocycles. The van der Waals surface area contributed by atoms with E-state index in [1.807, 2.05) is 24.3 Å². The van der Waals surface area contributed by atoms with Gasteiger partial charge in [-0.05, 0) is 74.2 Å². The summed E-state index contributed by atoms with van der Waals surface area (Å²) >= 11 is 9.18.